The molecule has 6 heteroatoms. The summed E-state index contributed by atoms with van der Waals surface area (Å²) in [5, 5.41) is 0. The molecule has 18 aromatic rings. The topological polar surface area (TPSA) is 24.9 Å². The average molecular weight is 1670 g/mol. The van der Waals surface area contributed by atoms with E-state index in [1.807, 2.05) is 0 Å². The minimum atomic E-state index is -0.498. The van der Waals surface area contributed by atoms with Crippen LogP contribution in [0.25, 0.3) is 122 Å². The molecule has 22 rings (SSSR count). The van der Waals surface area contributed by atoms with Gasteiger partial charge in [0.15, 0.2) is 0 Å². The second-order valence-electron chi connectivity index (χ2n) is 39.9. The Kier molecular flexibility index (Phi) is 19.7. The maximum absolute atomic E-state index is 8.41. The molecular weight excluding hydrogens is 1570 g/mol. The SMILES string of the molecule is CC(C)(C)c1cc(-c2ccc3c(c2)N(c2c(-c4cccc(-c5ccccc5)c4)cccc2-c2cccc(-c4ccccc4)c2)c2cc(C(C)(C)C)cc4c2B3c2c(cc3c5c2Oc2ccc(-c6ccccc6)cc2B5c2cc(-c5ccccc5)cc(C(C)(C)C)c2O3)N4c2c(-c3cccc(-c4ccccc4)c3)cccc2-c2cccc(-c3ccccc3)c2)cc(C(C)(C)C)c1. The van der Waals surface area contributed by atoms with Crippen molar-refractivity contribution in [2.24, 2.45) is 0 Å². The summed E-state index contributed by atoms with van der Waals surface area (Å²) in [4.78, 5) is 5.44. The summed E-state index contributed by atoms with van der Waals surface area (Å²) in [7, 11) is 0. The van der Waals surface area contributed by atoms with E-state index >= 15 is 0 Å². The molecule has 0 spiro atoms. The van der Waals surface area contributed by atoms with Crippen LogP contribution in [0.1, 0.15) is 105 Å². The third kappa shape index (κ3) is 14.4. The van der Waals surface area contributed by atoms with Crippen molar-refractivity contribution in [2.45, 2.75) is 105 Å². The second kappa shape index (κ2) is 31.6. The van der Waals surface area contributed by atoms with Gasteiger partial charge in [-0.1, -0.05) is 423 Å². The fraction of sp³-hybridized carbons (Fsp3) is 0.129. The number of hydrogen-bond acceptors (Lipinski definition) is 4. The van der Waals surface area contributed by atoms with Crippen molar-refractivity contribution in [1.29, 1.82) is 0 Å². The summed E-state index contributed by atoms with van der Waals surface area (Å²) in [6.45, 7) is 27.5. The van der Waals surface area contributed by atoms with Crippen LogP contribution in [-0.4, -0.2) is 13.4 Å². The average Bonchev–Trinajstić information content (AvgIpc) is 0.673. The molecule has 4 heterocycles. The highest BCUT2D eigenvalue weighted by atomic mass is 16.5. The molecule has 4 aliphatic rings. The molecule has 0 radical (unpaired) electrons. The Hall–Kier alpha value is -14.7. The molecule has 0 saturated heterocycles. The van der Waals surface area contributed by atoms with Gasteiger partial charge in [0.05, 0.1) is 11.4 Å². The Bertz CT molecular complexity index is 7270. The lowest BCUT2D eigenvalue weighted by atomic mass is 9.30. The Morgan fingerprint density at radius 1 is 0.192 bits per heavy atom. The molecule has 0 atom stereocenters. The summed E-state index contributed by atoms with van der Waals surface area (Å²) < 4.78 is 16.6. The van der Waals surface area contributed by atoms with Crippen molar-refractivity contribution >= 4 is 80.3 Å². The lowest BCUT2D eigenvalue weighted by Crippen LogP contribution is -2.65. The van der Waals surface area contributed by atoms with Gasteiger partial charge in [-0.25, -0.2) is 0 Å². The van der Waals surface area contributed by atoms with Crippen molar-refractivity contribution < 1.29 is 9.47 Å². The first kappa shape index (κ1) is 81.1. The summed E-state index contributed by atoms with van der Waals surface area (Å²) in [5.41, 5.74) is 41.1. The molecule has 626 valence electrons. The number of ether oxygens (including phenoxy) is 2. The van der Waals surface area contributed by atoms with Crippen LogP contribution in [0.5, 0.6) is 23.0 Å². The highest BCUT2D eigenvalue weighted by Crippen LogP contribution is 2.57. The van der Waals surface area contributed by atoms with E-state index in [0.717, 1.165) is 212 Å². The molecule has 4 nitrogen and oxygen atoms in total. The smallest absolute Gasteiger partial charge is 0.260 e. The predicted octanol–water partition coefficient (Wildman–Crippen LogP) is 30.0. The van der Waals surface area contributed by atoms with Gasteiger partial charge in [-0.15, -0.1) is 0 Å². The van der Waals surface area contributed by atoms with Gasteiger partial charge in [0.25, 0.3) is 13.4 Å². The first-order valence-corrected chi connectivity index (χ1v) is 46.0. The third-order valence-electron chi connectivity index (χ3n) is 27.3. The maximum Gasteiger partial charge on any atom is 0.260 e. The number of fused-ring (bicyclic) bond motifs is 9. The van der Waals surface area contributed by atoms with E-state index in [2.05, 4.69) is 493 Å². The van der Waals surface area contributed by atoms with Gasteiger partial charge in [0.2, 0.25) is 0 Å². The fourth-order valence-electron chi connectivity index (χ4n) is 20.5. The van der Waals surface area contributed by atoms with Crippen LogP contribution in [0, 0.1) is 0 Å². The molecule has 4 aliphatic heterocycles. The molecule has 0 unspecified atom stereocenters. The molecule has 0 aromatic heterocycles. The minimum absolute atomic E-state index is 0.168. The molecule has 0 aliphatic carbocycles. The second-order valence-corrected chi connectivity index (χ2v) is 39.9. The van der Waals surface area contributed by atoms with Crippen LogP contribution >= 0.6 is 0 Å². The monoisotopic (exact) mass is 1670 g/mol. The summed E-state index contributed by atoms with van der Waals surface area (Å²) in [6.07, 6.45) is 0. The zero-order valence-electron chi connectivity index (χ0n) is 76.0. The van der Waals surface area contributed by atoms with Crippen molar-refractivity contribution in [2.75, 3.05) is 9.80 Å². The van der Waals surface area contributed by atoms with Gasteiger partial charge >= 0.3 is 0 Å². The van der Waals surface area contributed by atoms with E-state index in [1.54, 1.807) is 0 Å². The summed E-state index contributed by atoms with van der Waals surface area (Å²) >= 11 is 0. The molecule has 130 heavy (non-hydrogen) atoms. The largest absolute Gasteiger partial charge is 0.459 e. The molecule has 0 fully saturated rings. The molecule has 0 saturated carbocycles. The van der Waals surface area contributed by atoms with Crippen LogP contribution in [0.4, 0.5) is 34.1 Å². The van der Waals surface area contributed by atoms with E-state index in [1.165, 1.54) is 22.3 Å². The third-order valence-corrected chi connectivity index (χ3v) is 27.3. The number of anilines is 6. The van der Waals surface area contributed by atoms with Gasteiger partial charge in [-0.2, -0.15) is 0 Å². The van der Waals surface area contributed by atoms with Crippen LogP contribution < -0.4 is 52.1 Å². The highest BCUT2D eigenvalue weighted by Gasteiger charge is 2.52. The van der Waals surface area contributed by atoms with Crippen molar-refractivity contribution in [3.63, 3.8) is 0 Å². The summed E-state index contributed by atoms with van der Waals surface area (Å²) in [6, 6.07) is 151. The normalized spacial score (nSPS) is 13.0. The molecule has 0 N–H and O–H groups in total. The summed E-state index contributed by atoms with van der Waals surface area (Å²) in [5.74, 6) is 3.23. The molecule has 0 bridgehead atoms. The van der Waals surface area contributed by atoms with Gasteiger partial charge in [0, 0.05) is 62.1 Å². The van der Waals surface area contributed by atoms with E-state index in [4.69, 9.17) is 9.47 Å². The molecule has 0 amide bonds. The van der Waals surface area contributed by atoms with E-state index in [9.17, 15) is 0 Å². The van der Waals surface area contributed by atoms with Crippen LogP contribution in [0.2, 0.25) is 0 Å². The zero-order chi connectivity index (χ0) is 88.6. The van der Waals surface area contributed by atoms with Gasteiger partial charge in [0.1, 0.15) is 23.0 Å². The number of nitrogens with zero attached hydrogens (tertiary/aromatic N) is 2. The Labute approximate surface area is 767 Å². The van der Waals surface area contributed by atoms with Crippen molar-refractivity contribution in [1.82, 2.24) is 0 Å². The highest BCUT2D eigenvalue weighted by molar-refractivity contribution is 7.03. The van der Waals surface area contributed by atoms with Crippen LogP contribution in [-0.2, 0) is 21.7 Å². The minimum Gasteiger partial charge on any atom is -0.459 e. The predicted molar refractivity (Wildman–Crippen MR) is 553 cm³/mol. The van der Waals surface area contributed by atoms with Crippen LogP contribution in [0.15, 0.2) is 400 Å². The van der Waals surface area contributed by atoms with Crippen molar-refractivity contribution in [3.05, 3.63) is 423 Å². The Morgan fingerprint density at radius 2 is 0.515 bits per heavy atom. The van der Waals surface area contributed by atoms with E-state index < -0.39 is 12.1 Å². The molecular formula is C124H102B2N2O2. The number of rotatable bonds is 13. The quantitative estimate of drug-likeness (QED) is 0.107. The van der Waals surface area contributed by atoms with E-state index in [-0.39, 0.29) is 23.0 Å². The number of para-hydroxylation sites is 2. The zero-order valence-corrected chi connectivity index (χ0v) is 76.0. The van der Waals surface area contributed by atoms with Crippen molar-refractivity contribution in [3.8, 4) is 145 Å². The number of benzene rings is 18. The van der Waals surface area contributed by atoms with Gasteiger partial charge in [-0.3, -0.25) is 0 Å². The standard InChI is InChI=1S/C124H102B2N2O2/c1-121(2,3)97-69-95(70-98(75-97)122(4,5)6)90-61-63-105-108(74-90)127(117-100(91-53-31-49-85(65-91)79-37-19-13-20-38-79)57-35-58-101(117)92-54-32-50-86(66-92)80-39-21-14-22-40-80)109-76-99(123(7,8)9)77-110-114(109)126(105)115-111(128(110)118-102(93-55-33-51-87(67-93)81-41-23-15-24-42-81)59-36-60-103(118)94-56-34-52-88(68-94)82-43-25-16-26-44-82)78-113-116-120(115)129-112-64-62-89(83-45-27-17-28-46-83)72-106(112)125(116)107-73-96(84-47-29-18-30-48-84)71-104(119(107)130-113)124(10,11)12/h13-78H,1-12H3. The van der Waals surface area contributed by atoms with E-state index in [0.29, 0.717) is 0 Å². The maximum atomic E-state index is 8.41. The first-order valence-electron chi connectivity index (χ1n) is 46.0. The Balaban J connectivity index is 0.926. The Morgan fingerprint density at radius 3 is 0.923 bits per heavy atom. The first-order chi connectivity index (χ1) is 63.0. The fourth-order valence-corrected chi connectivity index (χ4v) is 20.5. The lowest BCUT2D eigenvalue weighted by Gasteiger charge is -2.48. The van der Waals surface area contributed by atoms with Gasteiger partial charge < -0.3 is 19.3 Å². The lowest BCUT2D eigenvalue weighted by molar-refractivity contribution is 0.450. The van der Waals surface area contributed by atoms with Gasteiger partial charge in [-0.05, 0) is 220 Å². The number of hydrogen-bond donors (Lipinski definition) is 0. The van der Waals surface area contributed by atoms with Crippen LogP contribution in [0.3, 0.4) is 0 Å². The molecule has 18 aromatic carbocycles.